The molecule has 1 atom stereocenters. The quantitative estimate of drug-likeness (QED) is 0.625. The molecule has 0 bridgehead atoms. The van der Waals surface area contributed by atoms with Crippen LogP contribution in [0.5, 0.6) is 0 Å². The highest BCUT2D eigenvalue weighted by Gasteiger charge is 1.93. The van der Waals surface area contributed by atoms with E-state index in [1.54, 1.807) is 0 Å². The van der Waals surface area contributed by atoms with Gasteiger partial charge in [0, 0.05) is 17.3 Å². The normalized spacial score (nSPS) is 13.7. The first kappa shape index (κ1) is 9.66. The van der Waals surface area contributed by atoms with E-state index in [4.69, 9.17) is 5.11 Å². The molecule has 0 saturated carbocycles. The minimum absolute atomic E-state index is 0.142. The van der Waals surface area contributed by atoms with E-state index in [-0.39, 0.29) is 6.10 Å². The Balaban J connectivity index is 2.75. The van der Waals surface area contributed by atoms with Crippen LogP contribution in [0.15, 0.2) is 0 Å². The Hall–Kier alpha value is 0.660. The van der Waals surface area contributed by atoms with Gasteiger partial charge in [0.05, 0.1) is 6.10 Å². The zero-order chi connectivity index (χ0) is 7.11. The van der Waals surface area contributed by atoms with Gasteiger partial charge in [-0.05, 0) is 13.2 Å². The molecule has 0 heterocycles. The molecule has 1 N–H and O–H groups in total. The summed E-state index contributed by atoms with van der Waals surface area (Å²) in [5.74, 6) is 3.23. The van der Waals surface area contributed by atoms with Crippen LogP contribution < -0.4 is 0 Å². The van der Waals surface area contributed by atoms with Crippen molar-refractivity contribution in [2.45, 2.75) is 13.0 Å². The molecule has 1 unspecified atom stereocenters. The molecule has 3 heteroatoms. The third-order valence-corrected chi connectivity index (χ3v) is 2.87. The molecule has 0 aliphatic rings. The van der Waals surface area contributed by atoms with E-state index in [1.165, 1.54) is 5.75 Å². The van der Waals surface area contributed by atoms with Crippen molar-refractivity contribution in [2.75, 3.05) is 23.5 Å². The van der Waals surface area contributed by atoms with Crippen LogP contribution >= 0.6 is 23.5 Å². The summed E-state index contributed by atoms with van der Waals surface area (Å²) in [7, 11) is 0. The fourth-order valence-corrected chi connectivity index (χ4v) is 2.04. The van der Waals surface area contributed by atoms with E-state index < -0.39 is 0 Å². The van der Waals surface area contributed by atoms with Crippen LogP contribution in [0, 0.1) is 0 Å². The lowest BCUT2D eigenvalue weighted by atomic mass is 10.5. The van der Waals surface area contributed by atoms with Crippen molar-refractivity contribution in [1.29, 1.82) is 0 Å². The van der Waals surface area contributed by atoms with Gasteiger partial charge in [-0.2, -0.15) is 23.5 Å². The minimum Gasteiger partial charge on any atom is -0.393 e. The Labute approximate surface area is 65.6 Å². The van der Waals surface area contributed by atoms with Gasteiger partial charge in [-0.25, -0.2) is 0 Å². The summed E-state index contributed by atoms with van der Waals surface area (Å²) in [6.45, 7) is 1.83. The van der Waals surface area contributed by atoms with Crippen molar-refractivity contribution in [2.24, 2.45) is 0 Å². The molecular weight excluding hydrogens is 152 g/mol. The van der Waals surface area contributed by atoms with Crippen molar-refractivity contribution >= 4 is 23.5 Å². The van der Waals surface area contributed by atoms with Crippen molar-refractivity contribution in [3.05, 3.63) is 0 Å². The Bertz CT molecular complexity index is 57.0. The van der Waals surface area contributed by atoms with Crippen molar-refractivity contribution in [1.82, 2.24) is 0 Å². The number of rotatable bonds is 5. The molecule has 0 fully saturated rings. The lowest BCUT2D eigenvalue weighted by Gasteiger charge is -2.01. The lowest BCUT2D eigenvalue weighted by Crippen LogP contribution is -2.03. The number of aliphatic hydroxyl groups is 1. The Morgan fingerprint density at radius 1 is 1.44 bits per heavy atom. The fraction of sp³-hybridized carbons (Fsp3) is 1.00. The molecule has 0 rings (SSSR count). The van der Waals surface area contributed by atoms with E-state index in [2.05, 4.69) is 6.26 Å². The van der Waals surface area contributed by atoms with Crippen LogP contribution in [0.2, 0.25) is 0 Å². The van der Waals surface area contributed by atoms with Gasteiger partial charge in [0.1, 0.15) is 0 Å². The molecule has 0 amide bonds. The highest BCUT2D eigenvalue weighted by molar-refractivity contribution is 8.02. The van der Waals surface area contributed by atoms with Gasteiger partial charge in [0.2, 0.25) is 0 Å². The van der Waals surface area contributed by atoms with Crippen LogP contribution in [-0.2, 0) is 0 Å². The molecule has 0 aliphatic heterocycles. The minimum atomic E-state index is -0.142. The van der Waals surface area contributed by atoms with E-state index in [9.17, 15) is 0 Å². The molecule has 9 heavy (non-hydrogen) atoms. The predicted molar refractivity (Wildman–Crippen MR) is 47.4 cm³/mol. The molecule has 0 spiro atoms. The average Bonchev–Trinajstić information content (AvgIpc) is 1.80. The molecule has 0 aromatic heterocycles. The van der Waals surface area contributed by atoms with Gasteiger partial charge in [0.15, 0.2) is 0 Å². The largest absolute Gasteiger partial charge is 0.393 e. The third-order valence-electron chi connectivity index (χ3n) is 0.791. The molecule has 0 aromatic carbocycles. The van der Waals surface area contributed by atoms with E-state index >= 15 is 0 Å². The molecular formula is C6H14OS2. The summed E-state index contributed by atoms with van der Waals surface area (Å²) in [5, 5.41) is 8.82. The smallest absolute Gasteiger partial charge is 0.0602 e. The average molecular weight is 166 g/mol. The zero-order valence-electron chi connectivity index (χ0n) is 5.96. The van der Waals surface area contributed by atoms with Gasteiger partial charge in [0.25, 0.3) is 0 Å². The highest BCUT2D eigenvalue weighted by atomic mass is 32.2. The summed E-state index contributed by atoms with van der Waals surface area (Å²) in [6, 6.07) is 0. The van der Waals surface area contributed by atoms with Gasteiger partial charge in [-0.15, -0.1) is 0 Å². The standard InChI is InChI=1S/C6H14OS2/c1-6(7)5-9-4-3-8-2/h6-7H,3-5H2,1-2H3. The maximum Gasteiger partial charge on any atom is 0.0602 e. The van der Waals surface area contributed by atoms with Gasteiger partial charge in [-0.1, -0.05) is 0 Å². The maximum absolute atomic E-state index is 8.82. The Kier molecular flexibility index (Phi) is 7.27. The number of aliphatic hydroxyl groups excluding tert-OH is 1. The van der Waals surface area contributed by atoms with E-state index in [1.807, 2.05) is 30.4 Å². The summed E-state index contributed by atoms with van der Waals surface area (Å²) in [4.78, 5) is 0. The number of hydrogen-bond acceptors (Lipinski definition) is 3. The first-order valence-electron chi connectivity index (χ1n) is 3.02. The van der Waals surface area contributed by atoms with E-state index in [0.717, 1.165) is 11.5 Å². The summed E-state index contributed by atoms with van der Waals surface area (Å²) >= 11 is 3.67. The molecule has 0 saturated heterocycles. The molecule has 0 aliphatic carbocycles. The van der Waals surface area contributed by atoms with Crippen LogP contribution in [0.3, 0.4) is 0 Å². The van der Waals surface area contributed by atoms with Gasteiger partial charge >= 0.3 is 0 Å². The van der Waals surface area contributed by atoms with Crippen molar-refractivity contribution in [3.8, 4) is 0 Å². The predicted octanol–water partition coefficient (Wildman–Crippen LogP) is 1.46. The van der Waals surface area contributed by atoms with Crippen LogP contribution in [-0.4, -0.2) is 34.7 Å². The van der Waals surface area contributed by atoms with Crippen molar-refractivity contribution < 1.29 is 5.11 Å². The zero-order valence-corrected chi connectivity index (χ0v) is 7.60. The number of hydrogen-bond donors (Lipinski definition) is 1. The van der Waals surface area contributed by atoms with Crippen LogP contribution in [0.1, 0.15) is 6.92 Å². The lowest BCUT2D eigenvalue weighted by molar-refractivity contribution is 0.220. The monoisotopic (exact) mass is 166 g/mol. The second-order valence-electron chi connectivity index (χ2n) is 1.92. The van der Waals surface area contributed by atoms with Gasteiger partial charge < -0.3 is 5.11 Å². The van der Waals surface area contributed by atoms with E-state index in [0.29, 0.717) is 0 Å². The summed E-state index contributed by atoms with van der Waals surface area (Å²) < 4.78 is 0. The molecule has 0 radical (unpaired) electrons. The Morgan fingerprint density at radius 3 is 2.56 bits per heavy atom. The second kappa shape index (κ2) is 6.78. The number of thioether (sulfide) groups is 2. The van der Waals surface area contributed by atoms with Crippen molar-refractivity contribution in [3.63, 3.8) is 0 Å². The maximum atomic E-state index is 8.82. The topological polar surface area (TPSA) is 20.2 Å². The second-order valence-corrected chi connectivity index (χ2v) is 4.05. The first-order chi connectivity index (χ1) is 4.27. The summed E-state index contributed by atoms with van der Waals surface area (Å²) in [6.07, 6.45) is 1.96. The Morgan fingerprint density at radius 2 is 2.11 bits per heavy atom. The van der Waals surface area contributed by atoms with Crippen LogP contribution in [0.4, 0.5) is 0 Å². The first-order valence-corrected chi connectivity index (χ1v) is 5.57. The van der Waals surface area contributed by atoms with Gasteiger partial charge in [-0.3, -0.25) is 0 Å². The third kappa shape index (κ3) is 8.66. The summed E-state index contributed by atoms with van der Waals surface area (Å²) in [5.41, 5.74) is 0. The SMILES string of the molecule is CSCCSCC(C)O. The van der Waals surface area contributed by atoms with Crippen LogP contribution in [0.25, 0.3) is 0 Å². The highest BCUT2D eigenvalue weighted by Crippen LogP contribution is 2.05. The molecule has 0 aromatic rings. The molecule has 1 nitrogen and oxygen atoms in total. The molecule has 56 valence electrons. The fourth-order valence-electron chi connectivity index (χ4n) is 0.396.